The molecule has 1 atom stereocenters. The summed E-state index contributed by atoms with van der Waals surface area (Å²) in [6, 6.07) is 7.59. The van der Waals surface area contributed by atoms with Gasteiger partial charge in [0.1, 0.15) is 0 Å². The highest BCUT2D eigenvalue weighted by Crippen LogP contribution is 2.37. The van der Waals surface area contributed by atoms with E-state index in [0.29, 0.717) is 12.0 Å². The van der Waals surface area contributed by atoms with Crippen molar-refractivity contribution in [1.82, 2.24) is 4.90 Å². The first-order valence-corrected chi connectivity index (χ1v) is 11.1. The van der Waals surface area contributed by atoms with Gasteiger partial charge in [0.2, 0.25) is 0 Å². The van der Waals surface area contributed by atoms with E-state index in [4.69, 9.17) is 14.0 Å². The van der Waals surface area contributed by atoms with Gasteiger partial charge in [0, 0.05) is 25.8 Å². The predicted octanol–water partition coefficient (Wildman–Crippen LogP) is 4.29. The summed E-state index contributed by atoms with van der Waals surface area (Å²) in [5.74, 6) is 0.606. The highest BCUT2D eigenvalue weighted by Gasteiger charge is 2.51. The molecule has 4 rings (SSSR count). The Balaban J connectivity index is 0.00000240. The Morgan fingerprint density at radius 2 is 1.69 bits per heavy atom. The number of ether oxygens (including phenoxy) is 1. The van der Waals surface area contributed by atoms with Gasteiger partial charge in [0.05, 0.1) is 11.2 Å². The molecule has 162 valence electrons. The van der Waals surface area contributed by atoms with Crippen LogP contribution in [-0.4, -0.2) is 49.0 Å². The van der Waals surface area contributed by atoms with Crippen LogP contribution in [0, 0.1) is 0 Å². The fourth-order valence-corrected chi connectivity index (χ4v) is 4.74. The maximum atomic E-state index is 6.33. The Morgan fingerprint density at radius 3 is 2.28 bits per heavy atom. The maximum Gasteiger partial charge on any atom is 0.494 e. The molecule has 3 fully saturated rings. The fraction of sp³-hybridized carbons (Fsp3) is 0.739. The molecule has 3 aliphatic rings. The smallest absolute Gasteiger partial charge is 0.399 e. The molecule has 0 unspecified atom stereocenters. The van der Waals surface area contributed by atoms with Gasteiger partial charge in [-0.05, 0) is 89.4 Å². The van der Waals surface area contributed by atoms with Crippen LogP contribution in [0.3, 0.4) is 0 Å². The van der Waals surface area contributed by atoms with Crippen LogP contribution in [0.4, 0.5) is 0 Å². The zero-order chi connectivity index (χ0) is 19.9. The summed E-state index contributed by atoms with van der Waals surface area (Å²) < 4.78 is 18.3. The Labute approximate surface area is 183 Å². The lowest BCUT2D eigenvalue weighted by molar-refractivity contribution is 0.00578. The summed E-state index contributed by atoms with van der Waals surface area (Å²) in [5, 5.41) is 0. The highest BCUT2D eigenvalue weighted by atomic mass is 35.5. The molecule has 1 aromatic rings. The lowest BCUT2D eigenvalue weighted by Gasteiger charge is -2.32. The molecule has 0 aromatic heterocycles. The summed E-state index contributed by atoms with van der Waals surface area (Å²) in [6.45, 7) is 14.8. The molecule has 0 bridgehead atoms. The minimum atomic E-state index is -0.305. The van der Waals surface area contributed by atoms with Crippen LogP contribution in [-0.2, 0) is 20.6 Å². The molecule has 3 aliphatic heterocycles. The number of benzene rings is 1. The van der Waals surface area contributed by atoms with E-state index in [2.05, 4.69) is 57.7 Å². The average Bonchev–Trinajstić information content (AvgIpc) is 3.15. The zero-order valence-corrected chi connectivity index (χ0v) is 19.5. The molecule has 1 aromatic carbocycles. The van der Waals surface area contributed by atoms with Crippen molar-refractivity contribution in [2.45, 2.75) is 90.0 Å². The van der Waals surface area contributed by atoms with E-state index in [0.717, 1.165) is 38.1 Å². The first kappa shape index (κ1) is 23.1. The van der Waals surface area contributed by atoms with E-state index < -0.39 is 0 Å². The van der Waals surface area contributed by atoms with E-state index in [-0.39, 0.29) is 30.7 Å². The summed E-state index contributed by atoms with van der Waals surface area (Å²) in [7, 11) is -0.288. The van der Waals surface area contributed by atoms with Crippen molar-refractivity contribution < 1.29 is 14.0 Å². The van der Waals surface area contributed by atoms with Gasteiger partial charge in [-0.25, -0.2) is 0 Å². The normalized spacial score (nSPS) is 27.2. The minimum absolute atomic E-state index is 0. The number of hydrogen-bond acceptors (Lipinski definition) is 4. The molecule has 4 nitrogen and oxygen atoms in total. The number of likely N-dealkylation sites (tertiary alicyclic amines) is 1. The summed E-state index contributed by atoms with van der Waals surface area (Å²) in [4.78, 5) is 2.63. The minimum Gasteiger partial charge on any atom is -0.399 e. The lowest BCUT2D eigenvalue weighted by atomic mass is 9.76. The fourth-order valence-electron chi connectivity index (χ4n) is 4.74. The van der Waals surface area contributed by atoms with Crippen LogP contribution < -0.4 is 5.46 Å². The number of rotatable bonds is 4. The van der Waals surface area contributed by atoms with E-state index >= 15 is 0 Å². The van der Waals surface area contributed by atoms with Crippen molar-refractivity contribution in [2.75, 3.05) is 19.8 Å². The third-order valence-electron chi connectivity index (χ3n) is 7.42. The highest BCUT2D eigenvalue weighted by molar-refractivity contribution is 6.62. The Morgan fingerprint density at radius 1 is 1.03 bits per heavy atom. The van der Waals surface area contributed by atoms with Crippen LogP contribution in [0.1, 0.15) is 77.3 Å². The van der Waals surface area contributed by atoms with Gasteiger partial charge in [0.25, 0.3) is 0 Å². The average molecular weight is 422 g/mol. The SMILES string of the molecule is C[C@H]1CCCN1Cc1cc(B2OC(C)(C)C(C)(C)O2)ccc1C1CCOCC1.Cl. The summed E-state index contributed by atoms with van der Waals surface area (Å²) in [5.41, 5.74) is 3.49. The van der Waals surface area contributed by atoms with E-state index in [9.17, 15) is 0 Å². The summed E-state index contributed by atoms with van der Waals surface area (Å²) in [6.07, 6.45) is 4.87. The van der Waals surface area contributed by atoms with Crippen molar-refractivity contribution in [3.05, 3.63) is 29.3 Å². The standard InChI is InChI=1S/C23H36BNO3.ClH/c1-17-7-6-12-25(17)16-19-15-20(24-27-22(2,3)23(4,5)28-24)8-9-21(19)18-10-13-26-14-11-18;/h8-9,15,17-18H,6-7,10-14,16H2,1-5H3;1H/t17-;/m0./s1. The van der Waals surface area contributed by atoms with Crippen molar-refractivity contribution in [3.63, 3.8) is 0 Å². The second kappa shape index (κ2) is 8.88. The lowest BCUT2D eigenvalue weighted by Crippen LogP contribution is -2.41. The third kappa shape index (κ3) is 4.69. The van der Waals surface area contributed by atoms with Crippen LogP contribution in [0.2, 0.25) is 0 Å². The van der Waals surface area contributed by atoms with Crippen molar-refractivity contribution in [3.8, 4) is 0 Å². The largest absolute Gasteiger partial charge is 0.494 e. The van der Waals surface area contributed by atoms with Gasteiger partial charge in [-0.1, -0.05) is 18.2 Å². The molecule has 0 amide bonds. The number of hydrogen-bond donors (Lipinski definition) is 0. The van der Waals surface area contributed by atoms with Gasteiger partial charge in [-0.15, -0.1) is 12.4 Å². The Hall–Kier alpha value is -0.585. The van der Waals surface area contributed by atoms with Crippen molar-refractivity contribution in [2.24, 2.45) is 0 Å². The molecule has 6 heteroatoms. The maximum absolute atomic E-state index is 6.33. The van der Waals surface area contributed by atoms with Crippen LogP contribution in [0.5, 0.6) is 0 Å². The Kier molecular flexibility index (Phi) is 7.07. The van der Waals surface area contributed by atoms with Gasteiger partial charge >= 0.3 is 7.12 Å². The monoisotopic (exact) mass is 421 g/mol. The van der Waals surface area contributed by atoms with Crippen molar-refractivity contribution >= 4 is 25.0 Å². The molecule has 29 heavy (non-hydrogen) atoms. The second-order valence-electron chi connectivity index (χ2n) is 9.89. The first-order valence-electron chi connectivity index (χ1n) is 11.1. The first-order chi connectivity index (χ1) is 13.3. The van der Waals surface area contributed by atoms with E-state index in [1.54, 1.807) is 0 Å². The summed E-state index contributed by atoms with van der Waals surface area (Å²) >= 11 is 0. The number of halogens is 1. The molecule has 3 saturated heterocycles. The molecule has 0 spiro atoms. The van der Waals surface area contributed by atoms with Gasteiger partial charge in [-0.2, -0.15) is 0 Å². The molecule has 0 aliphatic carbocycles. The third-order valence-corrected chi connectivity index (χ3v) is 7.42. The van der Waals surface area contributed by atoms with Gasteiger partial charge < -0.3 is 14.0 Å². The van der Waals surface area contributed by atoms with Crippen molar-refractivity contribution in [1.29, 1.82) is 0 Å². The molecule has 0 saturated carbocycles. The van der Waals surface area contributed by atoms with Crippen LogP contribution in [0.25, 0.3) is 0 Å². The molecular formula is C23H37BClNO3. The van der Waals surface area contributed by atoms with E-state index in [1.165, 1.54) is 30.5 Å². The quantitative estimate of drug-likeness (QED) is 0.679. The van der Waals surface area contributed by atoms with Crippen LogP contribution in [0.15, 0.2) is 18.2 Å². The van der Waals surface area contributed by atoms with Gasteiger partial charge in [0.15, 0.2) is 0 Å². The zero-order valence-electron chi connectivity index (χ0n) is 18.7. The molecule has 0 radical (unpaired) electrons. The second-order valence-corrected chi connectivity index (χ2v) is 9.89. The molecule has 0 N–H and O–H groups in total. The van der Waals surface area contributed by atoms with Gasteiger partial charge in [-0.3, -0.25) is 4.90 Å². The molecule has 3 heterocycles. The predicted molar refractivity (Wildman–Crippen MR) is 121 cm³/mol. The number of nitrogens with zero attached hydrogens (tertiary/aromatic N) is 1. The topological polar surface area (TPSA) is 30.9 Å². The Bertz CT molecular complexity index is 689. The van der Waals surface area contributed by atoms with E-state index in [1.807, 2.05) is 0 Å². The molecular weight excluding hydrogens is 385 g/mol. The van der Waals surface area contributed by atoms with Crippen LogP contribution >= 0.6 is 12.4 Å².